The summed E-state index contributed by atoms with van der Waals surface area (Å²) in [5.74, 6) is -0.945. The van der Waals surface area contributed by atoms with Crippen LogP contribution in [0.15, 0.2) is 176 Å². The van der Waals surface area contributed by atoms with Crippen molar-refractivity contribution in [3.8, 4) is 56.0 Å². The third-order valence-corrected chi connectivity index (χ3v) is 14.2. The van der Waals surface area contributed by atoms with Crippen molar-refractivity contribution in [1.29, 1.82) is 0 Å². The molecular formula is C67H62IrN3. The molecule has 0 spiro atoms. The molecule has 0 bridgehead atoms. The van der Waals surface area contributed by atoms with Gasteiger partial charge in [-0.25, -0.2) is 0 Å². The molecule has 0 N–H and O–H groups in total. The maximum Gasteiger partial charge on any atom is 3.00 e. The largest absolute Gasteiger partial charge is 3.00 e. The summed E-state index contributed by atoms with van der Waals surface area (Å²) < 4.78 is 49.6. The Morgan fingerprint density at radius 3 is 1.72 bits per heavy atom. The Morgan fingerprint density at radius 2 is 1.14 bits per heavy atom. The fourth-order valence-electron chi connectivity index (χ4n) is 10.3. The predicted octanol–water partition coefficient (Wildman–Crippen LogP) is 16.2. The van der Waals surface area contributed by atoms with Crippen LogP contribution in [-0.2, 0) is 61.9 Å². The first-order valence-corrected chi connectivity index (χ1v) is 24.3. The van der Waals surface area contributed by atoms with E-state index in [-0.39, 0.29) is 36.6 Å². The third-order valence-electron chi connectivity index (χ3n) is 14.2. The number of hydrogen-bond donors (Lipinski definition) is 0. The van der Waals surface area contributed by atoms with Gasteiger partial charge in [-0.3, -0.25) is 0 Å². The molecule has 0 fully saturated rings. The number of pyridine rings is 3. The van der Waals surface area contributed by atoms with E-state index in [0.717, 1.165) is 67.0 Å². The number of aryl methyl sites for hydroxylation is 2. The zero-order chi connectivity index (χ0) is 53.1. The van der Waals surface area contributed by atoms with Crippen LogP contribution in [0.4, 0.5) is 0 Å². The summed E-state index contributed by atoms with van der Waals surface area (Å²) in [5.41, 5.74) is 14.4. The Labute approximate surface area is 443 Å². The van der Waals surface area contributed by atoms with Crippen LogP contribution >= 0.6 is 0 Å². The van der Waals surface area contributed by atoms with E-state index < -0.39 is 29.5 Å². The first kappa shape index (κ1) is 43.2. The molecular weight excluding hydrogens is 1040 g/mol. The van der Waals surface area contributed by atoms with Crippen LogP contribution in [0.1, 0.15) is 118 Å². The molecule has 0 saturated heterocycles. The monoisotopic (exact) mass is 1110 g/mol. The minimum atomic E-state index is -2.62. The summed E-state index contributed by atoms with van der Waals surface area (Å²) >= 11 is 0. The number of benzene rings is 6. The van der Waals surface area contributed by atoms with E-state index in [1.807, 2.05) is 135 Å². The van der Waals surface area contributed by atoms with Gasteiger partial charge in [0.1, 0.15) is 0 Å². The van der Waals surface area contributed by atoms with Gasteiger partial charge in [0.05, 0.1) is 0 Å². The van der Waals surface area contributed by atoms with Gasteiger partial charge in [-0.15, -0.1) is 101 Å². The molecule has 0 atom stereocenters. The molecule has 6 aromatic carbocycles. The maximum atomic E-state index is 10.2. The van der Waals surface area contributed by atoms with Crippen molar-refractivity contribution in [2.75, 3.05) is 0 Å². The number of rotatable bonds is 14. The Hall–Kier alpha value is -6.58. The van der Waals surface area contributed by atoms with Crippen molar-refractivity contribution in [3.05, 3.63) is 245 Å². The van der Waals surface area contributed by atoms with Crippen molar-refractivity contribution in [2.45, 2.75) is 103 Å². The summed E-state index contributed by atoms with van der Waals surface area (Å²) in [5, 5.41) is 0. The molecule has 3 nitrogen and oxygen atoms in total. The van der Waals surface area contributed by atoms with E-state index in [1.165, 1.54) is 17.3 Å². The summed E-state index contributed by atoms with van der Waals surface area (Å²) in [6.07, 6.45) is 1.24. The van der Waals surface area contributed by atoms with Gasteiger partial charge < -0.3 is 15.0 Å². The second kappa shape index (κ2) is 20.3. The van der Waals surface area contributed by atoms with Gasteiger partial charge in [0.25, 0.3) is 0 Å². The summed E-state index contributed by atoms with van der Waals surface area (Å²) in [6.45, 7) is 16.8. The molecule has 1 aliphatic rings. The van der Waals surface area contributed by atoms with Gasteiger partial charge in [0, 0.05) is 25.4 Å². The van der Waals surface area contributed by atoms with E-state index in [4.69, 9.17) is 16.3 Å². The van der Waals surface area contributed by atoms with Crippen LogP contribution in [0.5, 0.6) is 0 Å². The predicted molar refractivity (Wildman–Crippen MR) is 290 cm³/mol. The molecule has 3 heterocycles. The van der Waals surface area contributed by atoms with Gasteiger partial charge in [-0.2, -0.15) is 0 Å². The zero-order valence-corrected chi connectivity index (χ0v) is 44.2. The first-order chi connectivity index (χ1) is 35.5. The van der Waals surface area contributed by atoms with Crippen molar-refractivity contribution < 1.29 is 27.0 Å². The number of nitrogens with zero attached hydrogens (tertiary/aromatic N) is 3. The van der Waals surface area contributed by atoms with Gasteiger partial charge in [-0.05, 0) is 126 Å². The van der Waals surface area contributed by atoms with E-state index in [1.54, 1.807) is 0 Å². The van der Waals surface area contributed by atoms with E-state index >= 15 is 0 Å². The van der Waals surface area contributed by atoms with Crippen molar-refractivity contribution in [3.63, 3.8) is 0 Å². The standard InChI is InChI=1S/C67H62N3.Ir/c1-45(2)51-23-17-24-52(38-51)59-39-63(58-27-18-26-57-56-25-15-16-28-60(56)67(7,8)64(57)58)68-42-53(59)30-29-46-35-47(40-65(3,4)54-31-33-61(69-43-54)49-19-11-9-12-20-49)37-48(36-46)41-66(5,6)55-32-34-62(70-44-55)50-21-13-10-14-22-50;/h9-19,21,23-26,28,31-39,42-45H,29-30,40-41H2,1-8H3;/q-3;+3/i29D2,30D2,45D;. The second-order valence-electron chi connectivity index (χ2n) is 20.8. The summed E-state index contributed by atoms with van der Waals surface area (Å²) in [4.78, 5) is 14.7. The minimum absolute atomic E-state index is 0. The average Bonchev–Trinajstić information content (AvgIpc) is 3.64. The zero-order valence-electron chi connectivity index (χ0n) is 46.8. The normalized spacial score (nSPS) is 14.5. The second-order valence-corrected chi connectivity index (χ2v) is 20.8. The Morgan fingerprint density at radius 1 is 0.549 bits per heavy atom. The average molecular weight is 1110 g/mol. The molecule has 4 heteroatoms. The van der Waals surface area contributed by atoms with Gasteiger partial charge in [-0.1, -0.05) is 158 Å². The Bertz CT molecular complexity index is 3430. The Kier molecular flexibility index (Phi) is 12.3. The molecule has 9 aromatic rings. The molecule has 71 heavy (non-hydrogen) atoms. The summed E-state index contributed by atoms with van der Waals surface area (Å²) in [7, 11) is 0. The SMILES string of the molecule is [2H]C(C)(C)c1cccc(-c2cc(-c3[c-]ccc4c3C(C)(C)c3ccccc3-4)ncc2C([2H])([2H])C([2H])([2H])c2cc(CC(C)(C)c3ccc(-c4[c-]cccc4)nc3)cc(CC(C)(C)c3ccc(-c4[c-]cccc4)nc3)c2)c1.[Ir+3]. The van der Waals surface area contributed by atoms with Crippen LogP contribution in [0.2, 0.25) is 0 Å². The van der Waals surface area contributed by atoms with Gasteiger partial charge >= 0.3 is 20.1 Å². The fraction of sp³-hybridized carbons (Fsp3) is 0.239. The third kappa shape index (κ3) is 10.3. The number of hydrogen-bond acceptors (Lipinski definition) is 3. The number of fused-ring (bicyclic) bond motifs is 3. The molecule has 0 amide bonds. The smallest absolute Gasteiger partial charge is 0.304 e. The van der Waals surface area contributed by atoms with Crippen molar-refractivity contribution >= 4 is 0 Å². The van der Waals surface area contributed by atoms with Crippen LogP contribution in [0.25, 0.3) is 56.0 Å². The molecule has 3 aromatic heterocycles. The van der Waals surface area contributed by atoms with E-state index in [9.17, 15) is 5.48 Å². The molecule has 0 saturated carbocycles. The summed E-state index contributed by atoms with van der Waals surface area (Å²) in [6, 6.07) is 61.9. The maximum absolute atomic E-state index is 10.2. The quantitative estimate of drug-likeness (QED) is 0.102. The van der Waals surface area contributed by atoms with Crippen LogP contribution in [0, 0.1) is 18.2 Å². The molecule has 10 rings (SSSR count). The molecule has 354 valence electrons. The molecule has 0 aliphatic heterocycles. The van der Waals surface area contributed by atoms with Crippen LogP contribution in [-0.4, -0.2) is 15.0 Å². The minimum Gasteiger partial charge on any atom is -0.304 e. The van der Waals surface area contributed by atoms with Crippen LogP contribution in [0.3, 0.4) is 0 Å². The van der Waals surface area contributed by atoms with Gasteiger partial charge in [0.2, 0.25) is 0 Å². The van der Waals surface area contributed by atoms with Crippen molar-refractivity contribution in [2.24, 2.45) is 0 Å². The van der Waals surface area contributed by atoms with E-state index in [0.29, 0.717) is 29.7 Å². The van der Waals surface area contributed by atoms with Crippen molar-refractivity contribution in [1.82, 2.24) is 15.0 Å². The van der Waals surface area contributed by atoms with E-state index in [2.05, 4.69) is 108 Å². The topological polar surface area (TPSA) is 38.7 Å². The van der Waals surface area contributed by atoms with Crippen LogP contribution < -0.4 is 0 Å². The number of aromatic nitrogens is 3. The fourth-order valence-corrected chi connectivity index (χ4v) is 10.3. The molecule has 1 aliphatic carbocycles. The Balaban J connectivity index is 0.00000706. The molecule has 0 radical (unpaired) electrons. The van der Waals surface area contributed by atoms with Gasteiger partial charge in [0.15, 0.2) is 0 Å². The first-order valence-electron chi connectivity index (χ1n) is 26.8. The molecule has 0 unspecified atom stereocenters.